The number of aryl methyl sites for hydroxylation is 1. The second-order valence-electron chi connectivity index (χ2n) is 3.53. The van der Waals surface area contributed by atoms with Gasteiger partial charge >= 0.3 is 0 Å². The number of carbonyl (C=O) groups excluding carboxylic acids is 1. The van der Waals surface area contributed by atoms with E-state index in [0.717, 1.165) is 18.7 Å². The third kappa shape index (κ3) is 6.70. The van der Waals surface area contributed by atoms with Crippen molar-refractivity contribution in [3.63, 3.8) is 0 Å². The number of rotatable bonds is 9. The molecule has 0 spiro atoms. The van der Waals surface area contributed by atoms with E-state index in [-0.39, 0.29) is 12.5 Å². The molecular formula is C11H19N3O3. The minimum absolute atomic E-state index is 0.0874. The van der Waals surface area contributed by atoms with Gasteiger partial charge in [0.15, 0.2) is 0 Å². The van der Waals surface area contributed by atoms with Crippen molar-refractivity contribution in [1.29, 1.82) is 0 Å². The summed E-state index contributed by atoms with van der Waals surface area (Å²) < 4.78 is 9.88. The Morgan fingerprint density at radius 2 is 2.41 bits per heavy atom. The van der Waals surface area contributed by atoms with Gasteiger partial charge in [-0.1, -0.05) is 0 Å². The fraction of sp³-hybridized carbons (Fsp3) is 0.636. The minimum atomic E-state index is -0.0967. The first-order valence-corrected chi connectivity index (χ1v) is 5.64. The molecule has 1 aromatic rings. The van der Waals surface area contributed by atoms with E-state index in [4.69, 9.17) is 9.47 Å². The predicted molar refractivity (Wildman–Crippen MR) is 62.6 cm³/mol. The Balaban J connectivity index is 1.93. The maximum absolute atomic E-state index is 11.3. The normalized spacial score (nSPS) is 10.4. The summed E-state index contributed by atoms with van der Waals surface area (Å²) in [6, 6.07) is 0. The molecule has 1 aromatic heterocycles. The number of carbonyl (C=O) groups is 1. The lowest BCUT2D eigenvalue weighted by Crippen LogP contribution is -2.29. The first-order valence-electron chi connectivity index (χ1n) is 5.64. The van der Waals surface area contributed by atoms with Crippen molar-refractivity contribution in [2.75, 3.05) is 33.5 Å². The predicted octanol–water partition coefficient (Wildman–Crippen LogP) is 0.122. The molecular weight excluding hydrogens is 222 g/mol. The molecule has 0 fully saturated rings. The van der Waals surface area contributed by atoms with Gasteiger partial charge in [0.25, 0.3) is 0 Å². The van der Waals surface area contributed by atoms with E-state index in [1.807, 2.05) is 0 Å². The van der Waals surface area contributed by atoms with Crippen LogP contribution in [-0.4, -0.2) is 49.4 Å². The first kappa shape index (κ1) is 13.7. The molecule has 0 bridgehead atoms. The number of ether oxygens (including phenoxy) is 2. The molecule has 1 amide bonds. The Bertz CT molecular complexity index is 301. The van der Waals surface area contributed by atoms with Crippen molar-refractivity contribution in [3.8, 4) is 0 Å². The smallest absolute Gasteiger partial charge is 0.245 e. The molecule has 17 heavy (non-hydrogen) atoms. The van der Waals surface area contributed by atoms with E-state index < -0.39 is 0 Å². The number of aromatic nitrogens is 2. The maximum atomic E-state index is 11.3. The number of imidazole rings is 1. The van der Waals surface area contributed by atoms with Gasteiger partial charge < -0.3 is 19.8 Å². The number of amides is 1. The largest absolute Gasteiger partial charge is 0.382 e. The Morgan fingerprint density at radius 3 is 3.12 bits per heavy atom. The summed E-state index contributed by atoms with van der Waals surface area (Å²) >= 11 is 0. The number of H-pyrrole nitrogens is 1. The van der Waals surface area contributed by atoms with Crippen LogP contribution in [0.25, 0.3) is 0 Å². The summed E-state index contributed by atoms with van der Waals surface area (Å²) in [5.41, 5.74) is 0. The number of nitrogens with one attached hydrogen (secondary N) is 2. The highest BCUT2D eigenvalue weighted by molar-refractivity contribution is 5.77. The lowest BCUT2D eigenvalue weighted by atomic mass is 10.3. The van der Waals surface area contributed by atoms with Crippen molar-refractivity contribution in [2.24, 2.45) is 0 Å². The van der Waals surface area contributed by atoms with Gasteiger partial charge in [-0.05, 0) is 6.42 Å². The van der Waals surface area contributed by atoms with Crippen LogP contribution in [0.2, 0.25) is 0 Å². The summed E-state index contributed by atoms with van der Waals surface area (Å²) in [4.78, 5) is 18.4. The number of nitrogens with zero attached hydrogens (tertiary/aromatic N) is 1. The van der Waals surface area contributed by atoms with E-state index in [0.29, 0.717) is 19.8 Å². The summed E-state index contributed by atoms with van der Waals surface area (Å²) in [7, 11) is 1.60. The van der Waals surface area contributed by atoms with Gasteiger partial charge in [0.1, 0.15) is 12.4 Å². The molecule has 0 aliphatic rings. The van der Waals surface area contributed by atoms with E-state index in [1.54, 1.807) is 19.5 Å². The second-order valence-corrected chi connectivity index (χ2v) is 3.53. The average Bonchev–Trinajstić information content (AvgIpc) is 2.83. The van der Waals surface area contributed by atoms with Crippen LogP contribution in [0.3, 0.4) is 0 Å². The number of hydrogen-bond donors (Lipinski definition) is 2. The lowest BCUT2D eigenvalue weighted by Gasteiger charge is -2.05. The molecule has 96 valence electrons. The molecule has 0 unspecified atom stereocenters. The summed E-state index contributed by atoms with van der Waals surface area (Å²) in [6.45, 7) is 1.67. The van der Waals surface area contributed by atoms with Crippen LogP contribution in [0.5, 0.6) is 0 Å². The quantitative estimate of drug-likeness (QED) is 0.602. The molecule has 0 aliphatic carbocycles. The first-order chi connectivity index (χ1) is 8.33. The minimum Gasteiger partial charge on any atom is -0.382 e. The van der Waals surface area contributed by atoms with Crippen molar-refractivity contribution in [1.82, 2.24) is 15.3 Å². The van der Waals surface area contributed by atoms with Crippen LogP contribution in [-0.2, 0) is 20.7 Å². The Kier molecular flexibility index (Phi) is 7.01. The zero-order valence-corrected chi connectivity index (χ0v) is 10.1. The Morgan fingerprint density at radius 1 is 1.53 bits per heavy atom. The molecule has 2 N–H and O–H groups in total. The van der Waals surface area contributed by atoms with Crippen LogP contribution < -0.4 is 5.32 Å². The second kappa shape index (κ2) is 8.72. The van der Waals surface area contributed by atoms with Crippen molar-refractivity contribution >= 4 is 5.91 Å². The van der Waals surface area contributed by atoms with Gasteiger partial charge in [-0.25, -0.2) is 4.98 Å². The molecule has 0 saturated heterocycles. The van der Waals surface area contributed by atoms with Crippen LogP contribution in [0.1, 0.15) is 12.2 Å². The highest BCUT2D eigenvalue weighted by Gasteiger charge is 2.00. The molecule has 0 aromatic carbocycles. The average molecular weight is 241 g/mol. The summed E-state index contributed by atoms with van der Waals surface area (Å²) in [5, 5.41) is 2.78. The van der Waals surface area contributed by atoms with Gasteiger partial charge in [-0.3, -0.25) is 4.79 Å². The molecule has 6 nitrogen and oxygen atoms in total. The third-order valence-electron chi connectivity index (χ3n) is 2.13. The van der Waals surface area contributed by atoms with E-state index in [9.17, 15) is 4.79 Å². The lowest BCUT2D eigenvalue weighted by molar-refractivity contribution is -0.126. The van der Waals surface area contributed by atoms with Gasteiger partial charge in [0, 0.05) is 32.5 Å². The van der Waals surface area contributed by atoms with Crippen LogP contribution in [0, 0.1) is 0 Å². The SMILES string of the molecule is COCCOCC(=O)NCCCc1ncc[nH]1. The van der Waals surface area contributed by atoms with Crippen molar-refractivity contribution in [2.45, 2.75) is 12.8 Å². The highest BCUT2D eigenvalue weighted by Crippen LogP contribution is 1.93. The summed E-state index contributed by atoms with van der Waals surface area (Å²) in [6.07, 6.45) is 5.20. The van der Waals surface area contributed by atoms with Gasteiger partial charge in [-0.2, -0.15) is 0 Å². The molecule has 1 heterocycles. The molecule has 0 radical (unpaired) electrons. The van der Waals surface area contributed by atoms with Crippen molar-refractivity contribution in [3.05, 3.63) is 18.2 Å². The van der Waals surface area contributed by atoms with Crippen molar-refractivity contribution < 1.29 is 14.3 Å². The van der Waals surface area contributed by atoms with Crippen LogP contribution in [0.15, 0.2) is 12.4 Å². The number of aromatic amines is 1. The maximum Gasteiger partial charge on any atom is 0.245 e. The topological polar surface area (TPSA) is 76.2 Å². The van der Waals surface area contributed by atoms with Gasteiger partial charge in [0.05, 0.1) is 13.2 Å². The number of hydrogen-bond acceptors (Lipinski definition) is 4. The molecule has 1 rings (SSSR count). The standard InChI is InChI=1S/C11H19N3O3/c1-16-7-8-17-9-11(15)14-4-2-3-10-12-5-6-13-10/h5-6H,2-4,7-9H2,1H3,(H,12,13)(H,14,15). The van der Waals surface area contributed by atoms with E-state index >= 15 is 0 Å². The number of methoxy groups -OCH3 is 1. The fourth-order valence-corrected chi connectivity index (χ4v) is 1.28. The summed E-state index contributed by atoms with van der Waals surface area (Å²) in [5.74, 6) is 0.844. The third-order valence-corrected chi connectivity index (χ3v) is 2.13. The zero-order valence-electron chi connectivity index (χ0n) is 10.1. The Labute approximate surface area is 101 Å². The molecule has 0 atom stereocenters. The monoisotopic (exact) mass is 241 g/mol. The van der Waals surface area contributed by atoms with E-state index in [1.165, 1.54) is 0 Å². The molecule has 0 aliphatic heterocycles. The zero-order chi connectivity index (χ0) is 12.3. The van der Waals surface area contributed by atoms with Gasteiger partial charge in [-0.15, -0.1) is 0 Å². The Hall–Kier alpha value is -1.40. The van der Waals surface area contributed by atoms with E-state index in [2.05, 4.69) is 15.3 Å². The highest BCUT2D eigenvalue weighted by atomic mass is 16.5. The molecule has 0 saturated carbocycles. The fourth-order valence-electron chi connectivity index (χ4n) is 1.28. The van der Waals surface area contributed by atoms with Crippen LogP contribution in [0.4, 0.5) is 0 Å². The molecule has 6 heteroatoms. The van der Waals surface area contributed by atoms with Gasteiger partial charge in [0.2, 0.25) is 5.91 Å². The van der Waals surface area contributed by atoms with Crippen LogP contribution >= 0.6 is 0 Å².